The fraction of sp³-hybridized carbons (Fsp3) is 0.393. The molecule has 188 valence electrons. The predicted molar refractivity (Wildman–Crippen MR) is 138 cm³/mol. The second-order valence-electron chi connectivity index (χ2n) is 9.71. The Morgan fingerprint density at radius 2 is 2.08 bits per heavy atom. The summed E-state index contributed by atoms with van der Waals surface area (Å²) >= 11 is 0. The first-order chi connectivity index (χ1) is 17.5. The molecule has 5 rings (SSSR count). The number of allylic oxidation sites excluding steroid dienone is 1. The maximum absolute atomic E-state index is 13.2. The van der Waals surface area contributed by atoms with Crippen molar-refractivity contribution in [2.45, 2.75) is 51.1 Å². The average molecular weight is 489 g/mol. The van der Waals surface area contributed by atoms with E-state index < -0.39 is 0 Å². The van der Waals surface area contributed by atoms with Gasteiger partial charge in [-0.15, -0.1) is 0 Å². The van der Waals surface area contributed by atoms with Gasteiger partial charge < -0.3 is 20.5 Å². The second kappa shape index (κ2) is 10.4. The Morgan fingerprint density at radius 3 is 2.94 bits per heavy atom. The van der Waals surface area contributed by atoms with Crippen molar-refractivity contribution in [1.29, 1.82) is 0 Å². The molecule has 0 bridgehead atoms. The molecule has 2 amide bonds. The average Bonchev–Trinajstić information content (AvgIpc) is 2.87. The van der Waals surface area contributed by atoms with Crippen LogP contribution < -0.4 is 25.8 Å². The molecule has 2 aromatic rings. The molecule has 0 spiro atoms. The zero-order valence-corrected chi connectivity index (χ0v) is 20.5. The molecule has 3 heterocycles. The van der Waals surface area contributed by atoms with Crippen LogP contribution in [0.2, 0.25) is 0 Å². The van der Waals surface area contributed by atoms with Crippen molar-refractivity contribution in [2.75, 3.05) is 13.2 Å². The molecule has 4 N–H and O–H groups in total. The van der Waals surface area contributed by atoms with E-state index in [9.17, 15) is 9.59 Å². The molecule has 3 aliphatic heterocycles. The predicted octanol–water partition coefficient (Wildman–Crippen LogP) is 3.51. The minimum atomic E-state index is -0.153. The molecule has 3 atom stereocenters. The molecule has 2 aromatic carbocycles. The summed E-state index contributed by atoms with van der Waals surface area (Å²) in [7, 11) is 0. The molecular formula is C28H32N4O4. The summed E-state index contributed by atoms with van der Waals surface area (Å²) in [5.74, 6) is 1.82. The van der Waals surface area contributed by atoms with E-state index in [-0.39, 0.29) is 35.8 Å². The molecular weight excluding hydrogens is 456 g/mol. The summed E-state index contributed by atoms with van der Waals surface area (Å²) in [6, 6.07) is 11.5. The number of nitrogens with one attached hydrogen (secondary N) is 2. The summed E-state index contributed by atoms with van der Waals surface area (Å²) < 4.78 is 11.6. The molecule has 3 aliphatic rings. The number of rotatable bonds is 6. The Labute approximate surface area is 211 Å². The molecule has 3 unspecified atom stereocenters. The number of hydrogen-bond donors (Lipinski definition) is 3. The third-order valence-electron chi connectivity index (χ3n) is 6.88. The van der Waals surface area contributed by atoms with Crippen LogP contribution in [-0.4, -0.2) is 37.0 Å². The highest BCUT2D eigenvalue weighted by Crippen LogP contribution is 2.36. The standard InChI is InChI=1S/C28H32N4O4/c1-17-16-36-24-10-8-18(5-2-3-7-21-15-25(33)31-28(29)30-21)13-22(24)26(17)32-27(34)20-9-11-23-19(14-20)6-4-12-35-23/h2,5,8-11,13-14,17,21,26H,3-4,6-7,12,15-16H2,1H3,(H,32,34)(H3,29,30,31,33)/b5-2+. The van der Waals surface area contributed by atoms with E-state index in [1.54, 1.807) is 0 Å². The number of carbonyl (C=O) groups is 2. The maximum Gasteiger partial charge on any atom is 0.251 e. The van der Waals surface area contributed by atoms with E-state index in [0.717, 1.165) is 60.5 Å². The lowest BCUT2D eigenvalue weighted by Crippen LogP contribution is -2.43. The van der Waals surface area contributed by atoms with Gasteiger partial charge in [-0.05, 0) is 67.1 Å². The minimum absolute atomic E-state index is 0.0860. The van der Waals surface area contributed by atoms with Gasteiger partial charge in [0.25, 0.3) is 5.91 Å². The zero-order chi connectivity index (χ0) is 25.1. The normalized spacial score (nSPS) is 23.0. The van der Waals surface area contributed by atoms with Crippen LogP contribution in [0, 0.1) is 5.92 Å². The van der Waals surface area contributed by atoms with E-state index in [1.165, 1.54) is 0 Å². The monoisotopic (exact) mass is 488 g/mol. The van der Waals surface area contributed by atoms with Crippen molar-refractivity contribution in [2.24, 2.45) is 16.6 Å². The quantitative estimate of drug-likeness (QED) is 0.576. The summed E-state index contributed by atoms with van der Waals surface area (Å²) in [5.41, 5.74) is 9.40. The van der Waals surface area contributed by atoms with Crippen molar-refractivity contribution >= 4 is 23.8 Å². The fourth-order valence-corrected chi connectivity index (χ4v) is 4.97. The van der Waals surface area contributed by atoms with E-state index in [0.29, 0.717) is 18.6 Å². The summed E-state index contributed by atoms with van der Waals surface area (Å²) in [6.07, 6.45) is 7.92. The van der Waals surface area contributed by atoms with Crippen molar-refractivity contribution < 1.29 is 19.1 Å². The minimum Gasteiger partial charge on any atom is -0.493 e. The number of hydrogen-bond acceptors (Lipinski definition) is 6. The van der Waals surface area contributed by atoms with Crippen molar-refractivity contribution in [3.05, 3.63) is 64.7 Å². The Bertz CT molecular complexity index is 1220. The first-order valence-electron chi connectivity index (χ1n) is 12.6. The van der Waals surface area contributed by atoms with Gasteiger partial charge in [0.15, 0.2) is 5.96 Å². The number of benzene rings is 2. The summed E-state index contributed by atoms with van der Waals surface area (Å²) in [5, 5.41) is 5.77. The first-order valence-corrected chi connectivity index (χ1v) is 12.6. The number of amides is 2. The van der Waals surface area contributed by atoms with Gasteiger partial charge in [0, 0.05) is 23.5 Å². The number of aryl methyl sites for hydroxylation is 1. The van der Waals surface area contributed by atoms with Gasteiger partial charge in [0.2, 0.25) is 5.91 Å². The van der Waals surface area contributed by atoms with Gasteiger partial charge in [0.05, 0.1) is 25.3 Å². The van der Waals surface area contributed by atoms with Crippen LogP contribution in [0.4, 0.5) is 0 Å². The lowest BCUT2D eigenvalue weighted by Gasteiger charge is -2.32. The molecule has 8 nitrogen and oxygen atoms in total. The highest BCUT2D eigenvalue weighted by atomic mass is 16.5. The molecule has 0 saturated heterocycles. The van der Waals surface area contributed by atoms with E-state index in [1.807, 2.05) is 30.3 Å². The number of fused-ring (bicyclic) bond motifs is 2. The lowest BCUT2D eigenvalue weighted by atomic mass is 9.90. The van der Waals surface area contributed by atoms with Crippen LogP contribution in [0.25, 0.3) is 6.08 Å². The number of nitrogens with two attached hydrogens (primary N) is 1. The van der Waals surface area contributed by atoms with E-state index >= 15 is 0 Å². The van der Waals surface area contributed by atoms with Crippen LogP contribution in [0.15, 0.2) is 47.5 Å². The zero-order valence-electron chi connectivity index (χ0n) is 20.5. The topological polar surface area (TPSA) is 115 Å². The number of ether oxygens (including phenoxy) is 2. The van der Waals surface area contributed by atoms with Gasteiger partial charge in [0.1, 0.15) is 11.5 Å². The van der Waals surface area contributed by atoms with Crippen molar-refractivity contribution in [3.63, 3.8) is 0 Å². The summed E-state index contributed by atoms with van der Waals surface area (Å²) in [4.78, 5) is 29.1. The summed E-state index contributed by atoms with van der Waals surface area (Å²) in [6.45, 7) is 3.36. The molecule has 0 radical (unpaired) electrons. The maximum atomic E-state index is 13.2. The molecule has 0 saturated carbocycles. The van der Waals surface area contributed by atoms with Crippen LogP contribution in [-0.2, 0) is 11.2 Å². The largest absolute Gasteiger partial charge is 0.493 e. The van der Waals surface area contributed by atoms with Crippen LogP contribution in [0.5, 0.6) is 11.5 Å². The van der Waals surface area contributed by atoms with Crippen molar-refractivity contribution in [3.8, 4) is 11.5 Å². The third-order valence-corrected chi connectivity index (χ3v) is 6.88. The smallest absolute Gasteiger partial charge is 0.251 e. The SMILES string of the molecule is CC1COc2ccc(/C=C/CCC3CC(=O)NC(N)=N3)cc2C1NC(=O)c1ccc2c(c1)CCCO2. The number of nitrogens with zero attached hydrogens (tertiary/aromatic N) is 1. The second-order valence-corrected chi connectivity index (χ2v) is 9.71. The lowest BCUT2D eigenvalue weighted by molar-refractivity contribution is -0.120. The van der Waals surface area contributed by atoms with Crippen LogP contribution in [0.1, 0.15) is 65.7 Å². The number of aliphatic imine (C=N–C) groups is 1. The third kappa shape index (κ3) is 5.37. The fourth-order valence-electron chi connectivity index (χ4n) is 4.97. The first kappa shape index (κ1) is 23.9. The van der Waals surface area contributed by atoms with Crippen LogP contribution >= 0.6 is 0 Å². The van der Waals surface area contributed by atoms with E-state index in [2.05, 4.69) is 40.8 Å². The Kier molecular flexibility index (Phi) is 6.93. The molecule has 0 aromatic heterocycles. The van der Waals surface area contributed by atoms with Gasteiger partial charge in [-0.2, -0.15) is 0 Å². The van der Waals surface area contributed by atoms with Gasteiger partial charge in [-0.3, -0.25) is 14.9 Å². The highest BCUT2D eigenvalue weighted by molar-refractivity contribution is 5.98. The molecule has 8 heteroatoms. The van der Waals surface area contributed by atoms with Crippen molar-refractivity contribution in [1.82, 2.24) is 10.6 Å². The number of guanidine groups is 1. The number of carbonyl (C=O) groups excluding carboxylic acids is 2. The van der Waals surface area contributed by atoms with Crippen LogP contribution in [0.3, 0.4) is 0 Å². The Hall–Kier alpha value is -3.81. The molecule has 0 fully saturated rings. The van der Waals surface area contributed by atoms with Gasteiger partial charge in [-0.25, -0.2) is 4.99 Å². The Morgan fingerprint density at radius 1 is 1.22 bits per heavy atom. The van der Waals surface area contributed by atoms with Gasteiger partial charge in [-0.1, -0.05) is 25.1 Å². The Balaban J connectivity index is 1.27. The molecule has 0 aliphatic carbocycles. The van der Waals surface area contributed by atoms with E-state index in [4.69, 9.17) is 15.2 Å². The molecule has 36 heavy (non-hydrogen) atoms. The highest BCUT2D eigenvalue weighted by Gasteiger charge is 2.30. The van der Waals surface area contributed by atoms with Gasteiger partial charge >= 0.3 is 0 Å².